The minimum absolute atomic E-state index is 0.426. The summed E-state index contributed by atoms with van der Waals surface area (Å²) >= 11 is 0. The molecule has 1 rings (SSSR count). The van der Waals surface area contributed by atoms with Gasteiger partial charge in [-0.05, 0) is 12.5 Å². The summed E-state index contributed by atoms with van der Waals surface area (Å²) in [4.78, 5) is 0. The Morgan fingerprint density at radius 1 is 1.45 bits per heavy atom. The average Bonchev–Trinajstić information content (AvgIpc) is 2.36. The van der Waals surface area contributed by atoms with Gasteiger partial charge in [-0.3, -0.25) is 0 Å². The first-order chi connectivity index (χ1) is 5.25. The number of hydrogen-bond donors (Lipinski definition) is 2. The quantitative estimate of drug-likeness (QED) is 0.663. The Bertz CT molecular complexity index is 216. The van der Waals surface area contributed by atoms with Crippen LogP contribution in [0.5, 0.6) is 0 Å². The minimum Gasteiger partial charge on any atom is -0.330 e. The second-order valence-electron chi connectivity index (χ2n) is 2.85. The molecule has 62 valence electrons. The zero-order valence-electron chi connectivity index (χ0n) is 6.96. The molecule has 4 nitrogen and oxygen atoms in total. The first-order valence-corrected chi connectivity index (χ1v) is 3.85. The van der Waals surface area contributed by atoms with Crippen LogP contribution < -0.4 is 5.73 Å². The fourth-order valence-corrected chi connectivity index (χ4v) is 1.04. The van der Waals surface area contributed by atoms with Gasteiger partial charge in [0.25, 0.3) is 0 Å². The lowest BCUT2D eigenvalue weighted by Crippen LogP contribution is -2.05. The molecule has 0 unspecified atom stereocenters. The first kappa shape index (κ1) is 8.20. The van der Waals surface area contributed by atoms with Crippen LogP contribution in [0.15, 0.2) is 0 Å². The molecule has 0 aliphatic heterocycles. The molecule has 0 aromatic carbocycles. The van der Waals surface area contributed by atoms with E-state index in [1.807, 2.05) is 0 Å². The van der Waals surface area contributed by atoms with Crippen LogP contribution in [0.3, 0.4) is 0 Å². The van der Waals surface area contributed by atoms with Gasteiger partial charge in [-0.15, -0.1) is 0 Å². The third-order valence-corrected chi connectivity index (χ3v) is 1.58. The van der Waals surface area contributed by atoms with Gasteiger partial charge in [0.05, 0.1) is 11.4 Å². The van der Waals surface area contributed by atoms with Crippen molar-refractivity contribution in [3.8, 4) is 0 Å². The highest BCUT2D eigenvalue weighted by Crippen LogP contribution is 2.13. The van der Waals surface area contributed by atoms with Crippen LogP contribution in [0.2, 0.25) is 0 Å². The van der Waals surface area contributed by atoms with E-state index in [2.05, 4.69) is 29.3 Å². The second kappa shape index (κ2) is 3.48. The molecule has 0 radical (unpaired) electrons. The maximum Gasteiger partial charge on any atom is 0.0882 e. The molecule has 11 heavy (non-hydrogen) atoms. The molecule has 1 aromatic rings. The zero-order valence-corrected chi connectivity index (χ0v) is 6.96. The fraction of sp³-hybridized carbons (Fsp3) is 0.714. The summed E-state index contributed by atoms with van der Waals surface area (Å²) in [6.45, 7) is 4.82. The van der Waals surface area contributed by atoms with Gasteiger partial charge in [-0.2, -0.15) is 15.4 Å². The first-order valence-electron chi connectivity index (χ1n) is 3.85. The number of nitrogens with one attached hydrogen (secondary N) is 1. The van der Waals surface area contributed by atoms with Gasteiger partial charge >= 0.3 is 0 Å². The van der Waals surface area contributed by atoms with Crippen LogP contribution >= 0.6 is 0 Å². The van der Waals surface area contributed by atoms with Crippen molar-refractivity contribution >= 4 is 0 Å². The number of aromatic amines is 1. The SMILES string of the molecule is CC(C)c1n[nH]nc1CCN. The lowest BCUT2D eigenvalue weighted by molar-refractivity contribution is 0.791. The number of rotatable bonds is 3. The van der Waals surface area contributed by atoms with Crippen LogP contribution in [0.4, 0.5) is 0 Å². The molecule has 0 aliphatic rings. The lowest BCUT2D eigenvalue weighted by Gasteiger charge is -2.00. The van der Waals surface area contributed by atoms with E-state index in [0.29, 0.717) is 12.5 Å². The monoisotopic (exact) mass is 154 g/mol. The van der Waals surface area contributed by atoms with Gasteiger partial charge in [0.15, 0.2) is 0 Å². The minimum atomic E-state index is 0.426. The van der Waals surface area contributed by atoms with E-state index in [1.54, 1.807) is 0 Å². The molecule has 0 saturated heterocycles. The number of aromatic nitrogens is 3. The topological polar surface area (TPSA) is 67.6 Å². The summed E-state index contributed by atoms with van der Waals surface area (Å²) in [5.74, 6) is 0.426. The van der Waals surface area contributed by atoms with Gasteiger partial charge in [0.2, 0.25) is 0 Å². The highest BCUT2D eigenvalue weighted by Gasteiger charge is 2.09. The Kier molecular flexibility index (Phi) is 2.59. The Morgan fingerprint density at radius 2 is 2.18 bits per heavy atom. The van der Waals surface area contributed by atoms with Crippen molar-refractivity contribution < 1.29 is 0 Å². The Morgan fingerprint density at radius 3 is 2.73 bits per heavy atom. The summed E-state index contributed by atoms with van der Waals surface area (Å²) in [6, 6.07) is 0. The van der Waals surface area contributed by atoms with Crippen LogP contribution in [-0.2, 0) is 6.42 Å². The second-order valence-corrected chi connectivity index (χ2v) is 2.85. The van der Waals surface area contributed by atoms with Gasteiger partial charge in [-0.25, -0.2) is 0 Å². The standard InChI is InChI=1S/C7H14N4/c1-5(2)7-6(3-4-8)9-11-10-7/h5H,3-4,8H2,1-2H3,(H,9,10,11). The summed E-state index contributed by atoms with van der Waals surface area (Å²) in [7, 11) is 0. The highest BCUT2D eigenvalue weighted by atomic mass is 15.3. The summed E-state index contributed by atoms with van der Waals surface area (Å²) in [5.41, 5.74) is 7.45. The van der Waals surface area contributed by atoms with Crippen molar-refractivity contribution in [2.24, 2.45) is 5.73 Å². The van der Waals surface area contributed by atoms with Gasteiger partial charge in [0.1, 0.15) is 0 Å². The number of nitrogens with zero attached hydrogens (tertiary/aromatic N) is 2. The largest absolute Gasteiger partial charge is 0.330 e. The predicted octanol–water partition coefficient (Wildman–Crippen LogP) is 0.429. The molecule has 0 amide bonds. The molecule has 0 aliphatic carbocycles. The van der Waals surface area contributed by atoms with Gasteiger partial charge < -0.3 is 5.73 Å². The van der Waals surface area contributed by atoms with Crippen LogP contribution in [0, 0.1) is 0 Å². The third kappa shape index (κ3) is 1.77. The molecule has 0 bridgehead atoms. The zero-order chi connectivity index (χ0) is 8.27. The van der Waals surface area contributed by atoms with Crippen LogP contribution in [0.25, 0.3) is 0 Å². The Hall–Kier alpha value is -0.900. The Balaban J connectivity index is 2.78. The molecule has 0 atom stereocenters. The van der Waals surface area contributed by atoms with Crippen molar-refractivity contribution in [3.63, 3.8) is 0 Å². The summed E-state index contributed by atoms with van der Waals surface area (Å²) < 4.78 is 0. The average molecular weight is 154 g/mol. The molecule has 0 spiro atoms. The third-order valence-electron chi connectivity index (χ3n) is 1.58. The smallest absolute Gasteiger partial charge is 0.0882 e. The van der Waals surface area contributed by atoms with Crippen LogP contribution in [0.1, 0.15) is 31.2 Å². The van der Waals surface area contributed by atoms with E-state index in [9.17, 15) is 0 Å². The molecule has 0 fully saturated rings. The summed E-state index contributed by atoms with van der Waals surface area (Å²) in [5, 5.41) is 10.7. The molecule has 3 N–H and O–H groups in total. The van der Waals surface area contributed by atoms with Crippen molar-refractivity contribution in [1.29, 1.82) is 0 Å². The van der Waals surface area contributed by atoms with E-state index in [1.165, 1.54) is 0 Å². The highest BCUT2D eigenvalue weighted by molar-refractivity contribution is 5.12. The molecule has 0 saturated carbocycles. The number of hydrogen-bond acceptors (Lipinski definition) is 3. The van der Waals surface area contributed by atoms with Gasteiger partial charge in [0, 0.05) is 6.42 Å². The molecular weight excluding hydrogens is 140 g/mol. The van der Waals surface area contributed by atoms with E-state index >= 15 is 0 Å². The number of H-pyrrole nitrogens is 1. The molecule has 1 heterocycles. The van der Waals surface area contributed by atoms with E-state index < -0.39 is 0 Å². The van der Waals surface area contributed by atoms with Crippen molar-refractivity contribution in [2.45, 2.75) is 26.2 Å². The van der Waals surface area contributed by atoms with Crippen molar-refractivity contribution in [1.82, 2.24) is 15.4 Å². The maximum absolute atomic E-state index is 5.41. The fourth-order valence-electron chi connectivity index (χ4n) is 1.04. The maximum atomic E-state index is 5.41. The molecular formula is C7H14N4. The van der Waals surface area contributed by atoms with Crippen LogP contribution in [-0.4, -0.2) is 22.0 Å². The molecule has 1 aromatic heterocycles. The Labute approximate surface area is 66.2 Å². The number of nitrogens with two attached hydrogens (primary N) is 1. The predicted molar refractivity (Wildman–Crippen MR) is 43.2 cm³/mol. The van der Waals surface area contributed by atoms with Crippen molar-refractivity contribution in [2.75, 3.05) is 6.54 Å². The molecule has 4 heteroatoms. The van der Waals surface area contributed by atoms with Crippen molar-refractivity contribution in [3.05, 3.63) is 11.4 Å². The lowest BCUT2D eigenvalue weighted by atomic mass is 10.1. The van der Waals surface area contributed by atoms with E-state index in [-0.39, 0.29) is 0 Å². The van der Waals surface area contributed by atoms with E-state index in [0.717, 1.165) is 17.8 Å². The van der Waals surface area contributed by atoms with Gasteiger partial charge in [-0.1, -0.05) is 13.8 Å². The van der Waals surface area contributed by atoms with E-state index in [4.69, 9.17) is 5.73 Å². The normalized spacial score (nSPS) is 10.9. The summed E-state index contributed by atoms with van der Waals surface area (Å²) in [6.07, 6.45) is 0.810.